The zero-order valence-corrected chi connectivity index (χ0v) is 68.0. The van der Waals surface area contributed by atoms with Crippen molar-refractivity contribution in [1.29, 1.82) is 0 Å². The van der Waals surface area contributed by atoms with Crippen molar-refractivity contribution in [2.24, 2.45) is 5.92 Å². The highest BCUT2D eigenvalue weighted by atomic mass is 35.5. The summed E-state index contributed by atoms with van der Waals surface area (Å²) >= 11 is 0. The molecule has 3 unspecified atom stereocenters. The van der Waals surface area contributed by atoms with E-state index in [0.717, 1.165) is 40.3 Å². The minimum Gasteiger partial charge on any atom is -1.00 e. The summed E-state index contributed by atoms with van der Waals surface area (Å²) in [5, 5.41) is 15.7. The lowest BCUT2D eigenvalue weighted by molar-refractivity contribution is -0.403. The predicted molar refractivity (Wildman–Crippen MR) is 417 cm³/mol. The van der Waals surface area contributed by atoms with Crippen LogP contribution in [0.25, 0.3) is 0 Å². The molecule has 0 aliphatic carbocycles. The lowest BCUT2D eigenvalue weighted by atomic mass is 9.81. The van der Waals surface area contributed by atoms with E-state index in [-0.39, 0.29) is 96.0 Å². The summed E-state index contributed by atoms with van der Waals surface area (Å²) < 4.78 is 55.7. The van der Waals surface area contributed by atoms with Crippen LogP contribution in [0.4, 0.5) is 14.4 Å². The van der Waals surface area contributed by atoms with Crippen LogP contribution >= 0.6 is 0 Å². The van der Waals surface area contributed by atoms with E-state index in [2.05, 4.69) is 69.4 Å². The van der Waals surface area contributed by atoms with Crippen LogP contribution < -0.4 is 77.7 Å². The molecule has 0 aromatic heterocycles. The lowest BCUT2D eigenvalue weighted by Crippen LogP contribution is -3.00. The molecule has 0 spiro atoms. The maximum Gasteiger partial charge on any atom is 0.415 e. The highest BCUT2D eigenvalue weighted by molar-refractivity contribution is 5.98. The van der Waals surface area contributed by atoms with Gasteiger partial charge in [0, 0.05) is 31.3 Å². The number of halogens is 2. The molecule has 4 aromatic carbocycles. The summed E-state index contributed by atoms with van der Waals surface area (Å²) in [6.45, 7) is 29.8. The van der Waals surface area contributed by atoms with Gasteiger partial charge in [0.1, 0.15) is 71.3 Å². The molecular weight excluding hydrogens is 1520 g/mol. The van der Waals surface area contributed by atoms with E-state index in [1.54, 1.807) is 55.4 Å². The first-order valence-electron chi connectivity index (χ1n) is 35.9. The van der Waals surface area contributed by atoms with E-state index in [1.165, 1.54) is 0 Å². The molecular formula is C82H120Cl2N8O22. The summed E-state index contributed by atoms with van der Waals surface area (Å²) in [7, 11) is 0. The summed E-state index contributed by atoms with van der Waals surface area (Å²) in [5.41, 5.74) is 8.34. The average Bonchev–Trinajstić information content (AvgIpc) is 1.11. The predicted octanol–water partition coefficient (Wildman–Crippen LogP) is 0.203. The Balaban J connectivity index is 0. The van der Waals surface area contributed by atoms with Gasteiger partial charge in [-0.05, 0) is 150 Å². The first-order valence-corrected chi connectivity index (χ1v) is 35.9. The van der Waals surface area contributed by atoms with Gasteiger partial charge >= 0.3 is 48.1 Å². The van der Waals surface area contributed by atoms with E-state index >= 15 is 0 Å². The molecule has 3 aliphatic rings. The van der Waals surface area contributed by atoms with E-state index in [1.807, 2.05) is 151 Å². The summed E-state index contributed by atoms with van der Waals surface area (Å²) in [5.74, 6) is 0.981. The fourth-order valence-corrected chi connectivity index (χ4v) is 9.93. The molecule has 32 heteroatoms. The molecule has 3 saturated heterocycles. The summed E-state index contributed by atoms with van der Waals surface area (Å²) in [6.07, 6.45) is 8.84. The Labute approximate surface area is 683 Å². The Morgan fingerprint density at radius 3 is 1.27 bits per heavy atom. The van der Waals surface area contributed by atoms with Gasteiger partial charge in [0.2, 0.25) is 11.8 Å². The number of nitrogens with one attached hydrogen (secondary N) is 6. The zero-order valence-electron chi connectivity index (χ0n) is 66.5. The molecule has 12 N–H and O–H groups in total. The smallest absolute Gasteiger partial charge is 0.415 e. The van der Waals surface area contributed by atoms with Crippen LogP contribution in [0.2, 0.25) is 0 Å². The number of amides is 6. The fraction of sp³-hybridized carbons (Fsp3) is 0.524. The number of cyclic esters (lactones) is 6. The third-order valence-electron chi connectivity index (χ3n) is 14.7. The van der Waals surface area contributed by atoms with Gasteiger partial charge in [0.05, 0.1) is 64.9 Å². The normalized spacial score (nSPS) is 15.4. The van der Waals surface area contributed by atoms with Gasteiger partial charge in [0.15, 0.2) is 6.04 Å². The number of rotatable bonds is 33. The van der Waals surface area contributed by atoms with Crippen LogP contribution in [-0.2, 0) is 107 Å². The van der Waals surface area contributed by atoms with Crippen molar-refractivity contribution in [2.45, 2.75) is 208 Å². The number of terminal acetylenes is 2. The fourth-order valence-electron chi connectivity index (χ4n) is 9.93. The van der Waals surface area contributed by atoms with Gasteiger partial charge in [-0.3, -0.25) is 24.0 Å². The summed E-state index contributed by atoms with van der Waals surface area (Å²) in [4.78, 5) is 131. The second-order valence-corrected chi connectivity index (χ2v) is 29.7. The molecule has 6 amide bonds. The van der Waals surface area contributed by atoms with Gasteiger partial charge < -0.3 is 120 Å². The number of esters is 5. The van der Waals surface area contributed by atoms with Gasteiger partial charge in [-0.2, -0.15) is 0 Å². The molecule has 634 valence electrons. The van der Waals surface area contributed by atoms with Crippen molar-refractivity contribution in [3.8, 4) is 36.2 Å². The number of ether oxygens (including phenoxy) is 11. The van der Waals surface area contributed by atoms with Crippen LogP contribution in [0.3, 0.4) is 0 Å². The Morgan fingerprint density at radius 1 is 0.482 bits per heavy atom. The molecule has 114 heavy (non-hydrogen) atoms. The quantitative estimate of drug-likeness (QED) is 0.0104. The van der Waals surface area contributed by atoms with Crippen molar-refractivity contribution in [2.75, 3.05) is 65.9 Å². The first-order chi connectivity index (χ1) is 51.6. The Hall–Kier alpha value is -9.89. The number of alkyl carbamates (subject to hydrolysis) is 3. The number of hydrogen-bond acceptors (Lipinski definition) is 22. The minimum atomic E-state index is -1.25. The maximum atomic E-state index is 14.2. The lowest BCUT2D eigenvalue weighted by Gasteiger charge is -2.36. The maximum absolute atomic E-state index is 14.2. The SMILES string of the molecule is C.C.C#CCOCCOCCNC(=O)C(CC(=O)OC(C)(C)C)NC(=O)C(Cc1ccccc1)C(C)(C)NC(=O)C([NH3+])Cc1ccc(OC(C)(C)C)cc1.C#CCOCCOCC[NH3+].CC(C)(C)OC(=O)C[C@@H]1NC(=O)OC1=O.CC(C)(C)Oc1ccc(C[C@@H]2NC(=O)OC2=O)cc1.O=C1N[C@@H](Cc2ccccc2)C(=O)O1.[Cl-].[Cl-]. The van der Waals surface area contributed by atoms with E-state index < -0.39 is 119 Å². The van der Waals surface area contributed by atoms with Crippen LogP contribution in [0.1, 0.15) is 147 Å². The van der Waals surface area contributed by atoms with Crippen molar-refractivity contribution in [1.82, 2.24) is 31.9 Å². The Morgan fingerprint density at radius 2 is 0.868 bits per heavy atom. The molecule has 0 radical (unpaired) electrons. The van der Waals surface area contributed by atoms with Crippen molar-refractivity contribution >= 4 is 65.8 Å². The molecule has 3 aliphatic heterocycles. The molecule has 30 nitrogen and oxygen atoms in total. The van der Waals surface area contributed by atoms with E-state index in [0.29, 0.717) is 52.3 Å². The first kappa shape index (κ1) is 106. The van der Waals surface area contributed by atoms with E-state index in [4.69, 9.17) is 50.7 Å². The number of carbonyl (C=O) groups is 11. The number of quaternary nitrogens is 2. The van der Waals surface area contributed by atoms with E-state index in [9.17, 15) is 52.7 Å². The third-order valence-corrected chi connectivity index (χ3v) is 14.7. The Kier molecular flexibility index (Phi) is 49.6. The summed E-state index contributed by atoms with van der Waals surface area (Å²) in [6, 6.07) is 29.9. The van der Waals surface area contributed by atoms with Crippen molar-refractivity contribution < 1.29 is 141 Å². The van der Waals surface area contributed by atoms with Crippen LogP contribution in [0, 0.1) is 30.6 Å². The monoisotopic (exact) mass is 1640 g/mol. The van der Waals surface area contributed by atoms with Crippen LogP contribution in [-0.4, -0.2) is 190 Å². The zero-order chi connectivity index (χ0) is 82.3. The van der Waals surface area contributed by atoms with Gasteiger partial charge in [-0.15, -0.1) is 12.8 Å². The Bertz CT molecular complexity index is 3700. The highest BCUT2D eigenvalue weighted by Crippen LogP contribution is 2.26. The largest absolute Gasteiger partial charge is 1.00 e. The van der Waals surface area contributed by atoms with Crippen molar-refractivity contribution in [3.05, 3.63) is 131 Å². The van der Waals surface area contributed by atoms with Gasteiger partial charge in [0.25, 0.3) is 5.91 Å². The number of hydrogen-bond donors (Lipinski definition) is 8. The second kappa shape index (κ2) is 53.2. The second-order valence-electron chi connectivity index (χ2n) is 29.7. The number of carbonyl (C=O) groups excluding carboxylic acids is 11. The molecule has 7 rings (SSSR count). The average molecular weight is 1640 g/mol. The minimum absolute atomic E-state index is 0. The molecule has 0 bridgehead atoms. The molecule has 6 atom stereocenters. The third kappa shape index (κ3) is 46.3. The molecule has 3 heterocycles. The van der Waals surface area contributed by atoms with Crippen LogP contribution in [0.5, 0.6) is 11.5 Å². The van der Waals surface area contributed by atoms with Crippen LogP contribution in [0.15, 0.2) is 109 Å². The molecule has 4 aromatic rings. The molecule has 0 saturated carbocycles. The topological polar surface area (TPSA) is 417 Å². The molecule has 3 fully saturated rings. The highest BCUT2D eigenvalue weighted by Gasteiger charge is 2.41. The van der Waals surface area contributed by atoms with Gasteiger partial charge in [-0.25, -0.2) is 28.8 Å². The number of benzene rings is 4. The van der Waals surface area contributed by atoms with Gasteiger partial charge in [-0.1, -0.05) is 112 Å². The van der Waals surface area contributed by atoms with Crippen molar-refractivity contribution in [3.63, 3.8) is 0 Å². The standard InChI is InChI=1S/C40H58N4O8.C14H17NO4.C10H9NO3.C9H13NO5.C7H13NO2.2CH4.2ClH/c1-10-21-49-23-24-50-22-20-42-37(48)33(27-34(45)52-39(5,6)7)43-35(46)31(25-28-14-12-11-13-15-28)40(8,9)44-36(47)32(41)26-29-16-18-30(19-17-29)51-38(2,3)4;1-14(2,3)19-10-6-4-9(5-7-10)8-11-12(16)18-13(17)15-11;12-9-8(11-10(13)14-9)6-7-4-2-1-3-5-7;1-9(2,3)15-6(11)4-5-7(12)14-8(13)10-5;1-2-4-9-6-7-10-5-3-8;;;;/h1,11-19,31-33H,20-27,41H2,2-9H3,(H,42,48)(H,43,46)(H,44,47);4-7,11H,8H2,1-3H3,(H,15,17);1-5,8H,6H2,(H,11,13);5H,4H2,1-3H3,(H,10,13);1H,3-8H2;2*1H4;2*1H/t;11-;8-;5-;;;;;/m.000...../s1.